The Labute approximate surface area is 269 Å². The molecule has 0 bridgehead atoms. The topological polar surface area (TPSA) is 66.4 Å². The molecule has 0 heterocycles. The number of hydrogen-bond donors (Lipinski definition) is 0. The third-order valence-electron chi connectivity index (χ3n) is 7.38. The van der Waals surface area contributed by atoms with Crippen molar-refractivity contribution in [1.29, 1.82) is 0 Å². The molecule has 6 heteroatoms. The summed E-state index contributed by atoms with van der Waals surface area (Å²) in [5.41, 5.74) is 0. The first-order chi connectivity index (χ1) is 17.0. The van der Waals surface area contributed by atoms with Crippen LogP contribution in [0.4, 0.5) is 0 Å². The Kier molecular flexibility index (Phi) is 34.2. The second-order valence-corrected chi connectivity index (χ2v) is 12.0. The van der Waals surface area contributed by atoms with Gasteiger partial charge in [0.05, 0.1) is 6.61 Å². The Morgan fingerprint density at radius 2 is 0.750 bits per heavy atom. The maximum Gasteiger partial charge on any atom is 1.00 e. The van der Waals surface area contributed by atoms with Crippen LogP contribution < -0.4 is 51.4 Å². The molecule has 0 saturated heterocycles. The smallest absolute Gasteiger partial charge is 0.726 e. The van der Waals surface area contributed by atoms with Crippen LogP contribution in [0.2, 0.25) is 0 Å². The van der Waals surface area contributed by atoms with Crippen LogP contribution in [0.15, 0.2) is 0 Å². The number of hydrogen-bond acceptors (Lipinski definition) is 4. The van der Waals surface area contributed by atoms with Crippen molar-refractivity contribution >= 4 is 10.4 Å². The molecule has 212 valence electrons. The first-order valence-corrected chi connectivity index (χ1v) is 16.9. The summed E-state index contributed by atoms with van der Waals surface area (Å²) in [5, 5.41) is 0. The van der Waals surface area contributed by atoms with E-state index in [4.69, 9.17) is 0 Å². The van der Waals surface area contributed by atoms with Gasteiger partial charge in [-0.3, -0.25) is 4.18 Å². The van der Waals surface area contributed by atoms with Crippen LogP contribution >= 0.6 is 0 Å². The second-order valence-electron chi connectivity index (χ2n) is 10.9. The minimum absolute atomic E-state index is 0. The van der Waals surface area contributed by atoms with Crippen LogP contribution in [-0.2, 0) is 14.6 Å². The normalized spacial score (nSPS) is 12.5. The Morgan fingerprint density at radius 1 is 0.500 bits per heavy atom. The van der Waals surface area contributed by atoms with Gasteiger partial charge in [0.1, 0.15) is 0 Å². The average molecular weight is 557 g/mol. The summed E-state index contributed by atoms with van der Waals surface area (Å²) < 4.78 is 37.0. The zero-order valence-corrected chi connectivity index (χ0v) is 28.7. The largest absolute Gasteiger partial charge is 1.00 e. The summed E-state index contributed by atoms with van der Waals surface area (Å²) in [5.74, 6) is 0.200. The molecule has 1 atom stereocenters. The third-order valence-corrected chi connectivity index (χ3v) is 7.80. The van der Waals surface area contributed by atoms with Crippen molar-refractivity contribution in [2.24, 2.45) is 5.92 Å². The summed E-state index contributed by atoms with van der Waals surface area (Å²) in [6.45, 7) is 4.55. The minimum Gasteiger partial charge on any atom is -0.726 e. The second kappa shape index (κ2) is 31.0. The van der Waals surface area contributed by atoms with Crippen molar-refractivity contribution in [2.45, 2.75) is 181 Å². The molecular weight excluding hydrogens is 495 g/mol. The predicted molar refractivity (Wildman–Crippen MR) is 151 cm³/mol. The zero-order chi connectivity index (χ0) is 25.9. The van der Waals surface area contributed by atoms with Gasteiger partial charge in [0.2, 0.25) is 10.4 Å². The van der Waals surface area contributed by atoms with Crippen molar-refractivity contribution in [3.8, 4) is 0 Å². The molecule has 0 rings (SSSR count). The fourth-order valence-electron chi connectivity index (χ4n) is 5.04. The van der Waals surface area contributed by atoms with E-state index in [0.717, 1.165) is 25.7 Å². The summed E-state index contributed by atoms with van der Waals surface area (Å²) >= 11 is 0. The monoisotopic (exact) mass is 556 g/mol. The zero-order valence-electron chi connectivity index (χ0n) is 24.7. The molecule has 0 aliphatic carbocycles. The molecule has 0 fully saturated rings. The fraction of sp³-hybridized carbons (Fsp3) is 1.00. The van der Waals surface area contributed by atoms with Gasteiger partial charge in [-0.2, -0.15) is 0 Å². The van der Waals surface area contributed by atoms with Crippen LogP contribution in [0.1, 0.15) is 181 Å². The van der Waals surface area contributed by atoms with Crippen molar-refractivity contribution < 1.29 is 68.5 Å². The first kappa shape index (κ1) is 39.6. The Hall–Kier alpha value is 1.51. The Morgan fingerprint density at radius 3 is 1.00 bits per heavy atom. The van der Waals surface area contributed by atoms with Gasteiger partial charge in [0, 0.05) is 0 Å². The number of unbranched alkanes of at least 4 members (excludes halogenated alkanes) is 22. The van der Waals surface area contributed by atoms with Gasteiger partial charge in [0.15, 0.2) is 0 Å². The first-order valence-electron chi connectivity index (χ1n) is 15.6. The van der Waals surface area contributed by atoms with Gasteiger partial charge in [-0.1, -0.05) is 168 Å². The Balaban J connectivity index is 0. The average Bonchev–Trinajstić information content (AvgIpc) is 2.82. The molecule has 0 aliphatic heterocycles. The van der Waals surface area contributed by atoms with Gasteiger partial charge in [-0.05, 0) is 18.8 Å². The van der Waals surface area contributed by atoms with Gasteiger partial charge < -0.3 is 4.55 Å². The quantitative estimate of drug-likeness (QED) is 0.0421. The van der Waals surface area contributed by atoms with E-state index in [1.807, 2.05) is 0 Å². The predicted octanol–water partition coefficient (Wildman–Crippen LogP) is 7.27. The molecule has 0 spiro atoms. The molecule has 0 saturated carbocycles. The van der Waals surface area contributed by atoms with E-state index in [1.54, 1.807) is 0 Å². The minimum atomic E-state index is -4.57. The summed E-state index contributed by atoms with van der Waals surface area (Å²) in [4.78, 5) is 0. The third kappa shape index (κ3) is 33.5. The standard InChI is InChI=1S/C30H62O4S.K/c1-3-5-7-9-10-11-12-13-14-15-16-17-18-19-20-21-22-24-26-28-30(29-34-35(31,32)33)27-25-23-8-6-4-2;/h30H,3-29H2,1-2H3,(H,31,32,33);/q;+1/p-1. The van der Waals surface area contributed by atoms with Crippen molar-refractivity contribution in [3.05, 3.63) is 0 Å². The summed E-state index contributed by atoms with van der Waals surface area (Å²) in [6, 6.07) is 0. The summed E-state index contributed by atoms with van der Waals surface area (Å²) in [6.07, 6.45) is 34.0. The molecule has 0 radical (unpaired) electrons. The molecule has 0 aliphatic rings. The summed E-state index contributed by atoms with van der Waals surface area (Å²) in [7, 11) is -4.57. The maximum atomic E-state index is 10.8. The van der Waals surface area contributed by atoms with Gasteiger partial charge in [-0.25, -0.2) is 8.42 Å². The molecular formula is C30H61KO4S. The van der Waals surface area contributed by atoms with Crippen LogP contribution in [-0.4, -0.2) is 19.6 Å². The van der Waals surface area contributed by atoms with Crippen LogP contribution in [0, 0.1) is 5.92 Å². The molecule has 0 N–H and O–H groups in total. The fourth-order valence-corrected chi connectivity index (χ4v) is 5.40. The van der Waals surface area contributed by atoms with Gasteiger partial charge >= 0.3 is 51.4 Å². The van der Waals surface area contributed by atoms with Crippen LogP contribution in [0.5, 0.6) is 0 Å². The molecule has 0 aromatic rings. The van der Waals surface area contributed by atoms with E-state index >= 15 is 0 Å². The van der Waals surface area contributed by atoms with E-state index < -0.39 is 10.4 Å². The van der Waals surface area contributed by atoms with Crippen LogP contribution in [0.25, 0.3) is 0 Å². The van der Waals surface area contributed by atoms with Crippen molar-refractivity contribution in [2.75, 3.05) is 6.61 Å². The van der Waals surface area contributed by atoms with E-state index in [0.29, 0.717) is 0 Å². The molecule has 1 unspecified atom stereocenters. The maximum absolute atomic E-state index is 10.8. The molecule has 4 nitrogen and oxygen atoms in total. The van der Waals surface area contributed by atoms with Gasteiger partial charge in [0.25, 0.3) is 0 Å². The molecule has 36 heavy (non-hydrogen) atoms. The van der Waals surface area contributed by atoms with E-state index in [2.05, 4.69) is 18.0 Å². The molecule has 0 amide bonds. The number of rotatable bonds is 29. The Bertz CT molecular complexity index is 513. The molecule has 0 aromatic carbocycles. The SMILES string of the molecule is CCCCCCCCCCCCCCCCCCCCCC(CCCCCCC)COS(=O)(=O)[O-].[K+]. The van der Waals surface area contributed by atoms with Crippen molar-refractivity contribution in [3.63, 3.8) is 0 Å². The van der Waals surface area contributed by atoms with Crippen LogP contribution in [0.3, 0.4) is 0 Å². The van der Waals surface area contributed by atoms with E-state index in [-0.39, 0.29) is 63.9 Å². The van der Waals surface area contributed by atoms with Crippen molar-refractivity contribution in [1.82, 2.24) is 0 Å². The molecule has 0 aromatic heterocycles. The van der Waals surface area contributed by atoms with E-state index in [9.17, 15) is 13.0 Å². The van der Waals surface area contributed by atoms with E-state index in [1.165, 1.54) is 141 Å². The van der Waals surface area contributed by atoms with Gasteiger partial charge in [-0.15, -0.1) is 0 Å².